The van der Waals surface area contributed by atoms with Crippen LogP contribution < -0.4 is 5.32 Å². The molecule has 1 N–H and O–H groups in total. The van der Waals surface area contributed by atoms with Gasteiger partial charge in [-0.1, -0.05) is 35.9 Å². The zero-order valence-corrected chi connectivity index (χ0v) is 11.1. The highest BCUT2D eigenvalue weighted by Gasteiger charge is 2.04. The van der Waals surface area contributed by atoms with Gasteiger partial charge in [-0.3, -0.25) is 0 Å². The first-order valence-corrected chi connectivity index (χ1v) is 6.43. The van der Waals surface area contributed by atoms with Crippen LogP contribution in [0.3, 0.4) is 0 Å². The first-order chi connectivity index (χ1) is 8.70. The van der Waals surface area contributed by atoms with Gasteiger partial charge in [0.05, 0.1) is 0 Å². The topological polar surface area (TPSA) is 12.0 Å². The van der Waals surface area contributed by atoms with E-state index < -0.39 is 0 Å². The Bertz CT molecular complexity index is 543. The molecule has 0 saturated carbocycles. The third-order valence-corrected chi connectivity index (χ3v) is 3.29. The van der Waals surface area contributed by atoms with E-state index >= 15 is 0 Å². The Balaban J connectivity index is 2.11. The molecule has 2 rings (SSSR count). The molecule has 2 aromatic rings. The van der Waals surface area contributed by atoms with Gasteiger partial charge in [-0.15, -0.1) is 11.6 Å². The van der Waals surface area contributed by atoms with Gasteiger partial charge >= 0.3 is 0 Å². The van der Waals surface area contributed by atoms with E-state index in [9.17, 15) is 4.39 Å². The van der Waals surface area contributed by atoms with Gasteiger partial charge in [-0.25, -0.2) is 4.39 Å². The zero-order chi connectivity index (χ0) is 13.0. The molecule has 0 aliphatic carbocycles. The van der Waals surface area contributed by atoms with E-state index in [1.165, 1.54) is 12.1 Å². The van der Waals surface area contributed by atoms with Gasteiger partial charge < -0.3 is 5.32 Å². The van der Waals surface area contributed by atoms with E-state index in [1.54, 1.807) is 6.07 Å². The lowest BCUT2D eigenvalue weighted by atomic mass is 10.1. The number of para-hydroxylation sites is 1. The monoisotopic (exact) mass is 283 g/mol. The van der Waals surface area contributed by atoms with Crippen molar-refractivity contribution in [1.29, 1.82) is 0 Å². The molecule has 0 aromatic heterocycles. The quantitative estimate of drug-likeness (QED) is 0.793. The van der Waals surface area contributed by atoms with Crippen LogP contribution in [0.4, 0.5) is 10.1 Å². The Morgan fingerprint density at radius 2 is 1.83 bits per heavy atom. The molecule has 0 heterocycles. The van der Waals surface area contributed by atoms with Crippen molar-refractivity contribution in [2.45, 2.75) is 12.4 Å². The number of nitrogens with one attached hydrogen (secondary N) is 1. The smallest absolute Gasteiger partial charge is 0.124 e. The number of alkyl halides is 1. The highest BCUT2D eigenvalue weighted by atomic mass is 35.5. The first kappa shape index (κ1) is 13.2. The van der Waals surface area contributed by atoms with Crippen molar-refractivity contribution in [2.75, 3.05) is 5.32 Å². The third-order valence-electron chi connectivity index (χ3n) is 2.65. The summed E-state index contributed by atoms with van der Waals surface area (Å²) in [6.07, 6.45) is 0. The van der Waals surface area contributed by atoms with Crippen molar-refractivity contribution in [3.8, 4) is 0 Å². The summed E-state index contributed by atoms with van der Waals surface area (Å²) < 4.78 is 12.9. The number of anilines is 1. The van der Waals surface area contributed by atoms with Crippen molar-refractivity contribution in [3.63, 3.8) is 0 Å². The molecule has 2 aromatic carbocycles. The minimum atomic E-state index is -0.329. The molecule has 0 spiro atoms. The molecule has 0 radical (unpaired) electrons. The summed E-state index contributed by atoms with van der Waals surface area (Å²) in [5.41, 5.74) is 2.84. The minimum absolute atomic E-state index is 0.329. The molecule has 0 amide bonds. The maximum atomic E-state index is 12.9. The SMILES string of the molecule is Fc1ccc(CNc2ccccc2CCl)c(Cl)c1. The van der Waals surface area contributed by atoms with Crippen molar-refractivity contribution in [2.24, 2.45) is 0 Å². The number of halogens is 3. The Morgan fingerprint density at radius 3 is 2.56 bits per heavy atom. The van der Waals surface area contributed by atoms with Gasteiger partial charge in [0.1, 0.15) is 5.82 Å². The summed E-state index contributed by atoms with van der Waals surface area (Å²) in [6, 6.07) is 12.2. The van der Waals surface area contributed by atoms with Gasteiger partial charge in [0.2, 0.25) is 0 Å². The van der Waals surface area contributed by atoms with Crippen LogP contribution in [0.1, 0.15) is 11.1 Å². The Kier molecular flexibility index (Phi) is 4.45. The van der Waals surface area contributed by atoms with Crippen LogP contribution in [0.15, 0.2) is 42.5 Å². The van der Waals surface area contributed by atoms with Crippen molar-refractivity contribution >= 4 is 28.9 Å². The van der Waals surface area contributed by atoms with Gasteiger partial charge in [-0.2, -0.15) is 0 Å². The second-order valence-corrected chi connectivity index (χ2v) is 4.55. The largest absolute Gasteiger partial charge is 0.381 e. The fourth-order valence-corrected chi connectivity index (χ4v) is 2.13. The lowest BCUT2D eigenvalue weighted by Gasteiger charge is -2.11. The predicted molar refractivity (Wildman–Crippen MR) is 74.7 cm³/mol. The predicted octanol–water partition coefficient (Wildman–Crippen LogP) is 4.83. The van der Waals surface area contributed by atoms with E-state index in [4.69, 9.17) is 23.2 Å². The Hall–Kier alpha value is -1.25. The van der Waals surface area contributed by atoms with E-state index in [0.29, 0.717) is 17.4 Å². The Morgan fingerprint density at radius 1 is 1.06 bits per heavy atom. The minimum Gasteiger partial charge on any atom is -0.381 e. The van der Waals surface area contributed by atoms with Crippen LogP contribution >= 0.6 is 23.2 Å². The van der Waals surface area contributed by atoms with Gasteiger partial charge in [0, 0.05) is 23.1 Å². The molecule has 0 aliphatic heterocycles. The normalized spacial score (nSPS) is 10.4. The van der Waals surface area contributed by atoms with Crippen LogP contribution in [0, 0.1) is 5.82 Å². The van der Waals surface area contributed by atoms with Crippen LogP contribution in [0.2, 0.25) is 5.02 Å². The summed E-state index contributed by atoms with van der Waals surface area (Å²) in [4.78, 5) is 0. The fourth-order valence-electron chi connectivity index (χ4n) is 1.66. The van der Waals surface area contributed by atoms with Crippen molar-refractivity contribution in [3.05, 3.63) is 64.4 Å². The average molecular weight is 284 g/mol. The lowest BCUT2D eigenvalue weighted by Crippen LogP contribution is -2.02. The molecule has 1 nitrogen and oxygen atoms in total. The molecule has 0 bridgehead atoms. The maximum absolute atomic E-state index is 12.9. The second kappa shape index (κ2) is 6.07. The molecule has 0 unspecified atom stereocenters. The number of hydrogen-bond acceptors (Lipinski definition) is 1. The molecule has 4 heteroatoms. The summed E-state index contributed by atoms with van der Waals surface area (Å²) >= 11 is 11.8. The van der Waals surface area contributed by atoms with Crippen LogP contribution in [0.5, 0.6) is 0 Å². The molecule has 0 fully saturated rings. The zero-order valence-electron chi connectivity index (χ0n) is 9.59. The maximum Gasteiger partial charge on any atom is 0.124 e. The van der Waals surface area contributed by atoms with Crippen LogP contribution in [-0.2, 0) is 12.4 Å². The highest BCUT2D eigenvalue weighted by molar-refractivity contribution is 6.31. The van der Waals surface area contributed by atoms with Gasteiger partial charge in [-0.05, 0) is 29.3 Å². The van der Waals surface area contributed by atoms with Gasteiger partial charge in [0.25, 0.3) is 0 Å². The molecule has 0 aliphatic rings. The number of hydrogen-bond donors (Lipinski definition) is 1. The Labute approximate surface area is 116 Å². The van der Waals surface area contributed by atoms with Crippen molar-refractivity contribution in [1.82, 2.24) is 0 Å². The number of benzene rings is 2. The highest BCUT2D eigenvalue weighted by Crippen LogP contribution is 2.21. The van der Waals surface area contributed by atoms with E-state index in [0.717, 1.165) is 16.8 Å². The van der Waals surface area contributed by atoms with Crippen LogP contribution in [0.25, 0.3) is 0 Å². The fraction of sp³-hybridized carbons (Fsp3) is 0.143. The molecule has 0 saturated heterocycles. The number of rotatable bonds is 4. The summed E-state index contributed by atoms with van der Waals surface area (Å²) in [7, 11) is 0. The summed E-state index contributed by atoms with van der Waals surface area (Å²) in [5.74, 6) is 0.116. The summed E-state index contributed by atoms with van der Waals surface area (Å²) in [5, 5.41) is 3.67. The molecule has 94 valence electrons. The lowest BCUT2D eigenvalue weighted by molar-refractivity contribution is 0.627. The molecule has 18 heavy (non-hydrogen) atoms. The van der Waals surface area contributed by atoms with Crippen LogP contribution in [-0.4, -0.2) is 0 Å². The van der Waals surface area contributed by atoms with Crippen molar-refractivity contribution < 1.29 is 4.39 Å². The first-order valence-electron chi connectivity index (χ1n) is 5.52. The van der Waals surface area contributed by atoms with E-state index in [1.807, 2.05) is 24.3 Å². The standard InChI is InChI=1S/C14H12Cl2FN/c15-8-10-3-1-2-4-14(10)18-9-11-5-6-12(17)7-13(11)16/h1-7,18H,8-9H2. The molecular formula is C14H12Cl2FN. The second-order valence-electron chi connectivity index (χ2n) is 3.88. The van der Waals surface area contributed by atoms with E-state index in [2.05, 4.69) is 5.32 Å². The van der Waals surface area contributed by atoms with Gasteiger partial charge in [0.15, 0.2) is 0 Å². The molecule has 0 atom stereocenters. The third kappa shape index (κ3) is 3.15. The molecular weight excluding hydrogens is 272 g/mol. The summed E-state index contributed by atoms with van der Waals surface area (Å²) in [6.45, 7) is 0.535. The van der Waals surface area contributed by atoms with E-state index in [-0.39, 0.29) is 5.82 Å². The average Bonchev–Trinajstić information content (AvgIpc) is 2.38.